The van der Waals surface area contributed by atoms with Gasteiger partial charge in [-0.15, -0.1) is 5.10 Å². The van der Waals surface area contributed by atoms with Gasteiger partial charge in [-0.25, -0.2) is 4.68 Å². The molecule has 0 saturated carbocycles. The van der Waals surface area contributed by atoms with Crippen LogP contribution in [0.15, 0.2) is 78.0 Å². The largest absolute Gasteiger partial charge is 0.496 e. The van der Waals surface area contributed by atoms with Crippen LogP contribution in [-0.4, -0.2) is 49.1 Å². The molecule has 1 aliphatic rings. The fourth-order valence-electron chi connectivity index (χ4n) is 4.66. The number of hydrogen-bond donors (Lipinski definition) is 2. The second-order valence-corrected chi connectivity index (χ2v) is 8.74. The van der Waals surface area contributed by atoms with E-state index >= 15 is 0 Å². The smallest absolute Gasteiger partial charge is 0.255 e. The number of carbonyl (C=O) groups excluding carboxylic acids is 1. The number of nitrogens with one attached hydrogen (secondary N) is 2. The SMILES string of the molecule is COc1ccccc1NC(=O)C1=C(C)Nc2nc(-c3ccccc3OC)nn2C1c1ccc(OC)c(OC)c1. The third-order valence-electron chi connectivity index (χ3n) is 6.52. The Balaban J connectivity index is 1.65. The molecule has 1 amide bonds. The summed E-state index contributed by atoms with van der Waals surface area (Å²) in [4.78, 5) is 18.6. The summed E-state index contributed by atoms with van der Waals surface area (Å²) in [5.74, 6) is 2.93. The Bertz CT molecular complexity index is 1560. The summed E-state index contributed by atoms with van der Waals surface area (Å²) in [5.41, 5.74) is 3.13. The number of nitrogens with zero attached hydrogens (tertiary/aromatic N) is 3. The molecule has 1 aliphatic heterocycles. The van der Waals surface area contributed by atoms with Crippen molar-refractivity contribution < 1.29 is 23.7 Å². The molecule has 0 spiro atoms. The highest BCUT2D eigenvalue weighted by Crippen LogP contribution is 2.41. The molecular weight excluding hydrogens is 498 g/mol. The van der Waals surface area contributed by atoms with Crippen LogP contribution in [-0.2, 0) is 4.79 Å². The number of benzene rings is 3. The van der Waals surface area contributed by atoms with E-state index in [0.29, 0.717) is 51.7 Å². The third-order valence-corrected chi connectivity index (χ3v) is 6.52. The Hall–Kier alpha value is -4.99. The van der Waals surface area contributed by atoms with Gasteiger partial charge in [-0.3, -0.25) is 4.79 Å². The van der Waals surface area contributed by atoms with E-state index in [9.17, 15) is 4.79 Å². The summed E-state index contributed by atoms with van der Waals surface area (Å²) < 4.78 is 23.7. The first-order valence-electron chi connectivity index (χ1n) is 12.2. The molecule has 200 valence electrons. The zero-order valence-electron chi connectivity index (χ0n) is 22.3. The van der Waals surface area contributed by atoms with Crippen LogP contribution in [0.5, 0.6) is 23.0 Å². The van der Waals surface area contributed by atoms with Gasteiger partial charge in [0.1, 0.15) is 17.5 Å². The molecule has 5 rings (SSSR count). The normalized spacial score (nSPS) is 14.2. The number of para-hydroxylation sites is 3. The van der Waals surface area contributed by atoms with Crippen molar-refractivity contribution >= 4 is 17.5 Å². The van der Waals surface area contributed by atoms with Crippen molar-refractivity contribution in [3.8, 4) is 34.4 Å². The lowest BCUT2D eigenvalue weighted by Gasteiger charge is -2.29. The molecule has 10 nitrogen and oxygen atoms in total. The number of amides is 1. The minimum atomic E-state index is -0.633. The number of methoxy groups -OCH3 is 4. The van der Waals surface area contributed by atoms with Gasteiger partial charge in [0, 0.05) is 5.70 Å². The first kappa shape index (κ1) is 25.7. The van der Waals surface area contributed by atoms with E-state index < -0.39 is 6.04 Å². The fraction of sp³-hybridized carbons (Fsp3) is 0.207. The first-order valence-corrected chi connectivity index (χ1v) is 12.2. The summed E-state index contributed by atoms with van der Waals surface area (Å²) in [6, 6.07) is 19.7. The lowest BCUT2D eigenvalue weighted by atomic mass is 9.94. The zero-order chi connectivity index (χ0) is 27.5. The van der Waals surface area contributed by atoms with Crippen LogP contribution in [0.4, 0.5) is 11.6 Å². The predicted octanol–water partition coefficient (Wildman–Crippen LogP) is 4.91. The van der Waals surface area contributed by atoms with Crippen LogP contribution in [0.25, 0.3) is 11.4 Å². The second-order valence-electron chi connectivity index (χ2n) is 8.74. The van der Waals surface area contributed by atoms with Gasteiger partial charge >= 0.3 is 0 Å². The second kappa shape index (κ2) is 10.8. The van der Waals surface area contributed by atoms with Gasteiger partial charge in [-0.05, 0) is 48.9 Å². The van der Waals surface area contributed by atoms with E-state index in [0.717, 1.165) is 11.1 Å². The minimum absolute atomic E-state index is 0.315. The molecule has 0 aliphatic carbocycles. The number of anilines is 2. The number of carbonyl (C=O) groups is 1. The third kappa shape index (κ3) is 4.72. The molecule has 39 heavy (non-hydrogen) atoms. The highest BCUT2D eigenvalue weighted by molar-refractivity contribution is 6.06. The molecule has 2 N–H and O–H groups in total. The summed E-state index contributed by atoms with van der Waals surface area (Å²) >= 11 is 0. The zero-order valence-corrected chi connectivity index (χ0v) is 22.3. The molecule has 2 heterocycles. The van der Waals surface area contributed by atoms with Crippen LogP contribution in [0.3, 0.4) is 0 Å². The van der Waals surface area contributed by atoms with Crippen LogP contribution in [0.1, 0.15) is 18.5 Å². The molecule has 4 aromatic rings. The molecule has 10 heteroatoms. The van der Waals surface area contributed by atoms with Gasteiger partial charge in [-0.1, -0.05) is 30.3 Å². The summed E-state index contributed by atoms with van der Waals surface area (Å²) in [5, 5.41) is 11.1. The van der Waals surface area contributed by atoms with E-state index in [-0.39, 0.29) is 5.91 Å². The number of hydrogen-bond acceptors (Lipinski definition) is 8. The molecular formula is C29H29N5O5. The highest BCUT2D eigenvalue weighted by atomic mass is 16.5. The standard InChI is InChI=1S/C29H29N5O5/c1-17-25(28(35)31-20-11-7-9-13-22(20)37-3)26(18-14-15-23(38-4)24(16-18)39-5)34-29(30-17)32-27(33-34)19-10-6-8-12-21(19)36-2/h6-16,26H,1-5H3,(H,31,35)(H,30,32,33). The molecule has 0 bridgehead atoms. The van der Waals surface area contributed by atoms with Crippen LogP contribution in [0, 0.1) is 0 Å². The van der Waals surface area contributed by atoms with E-state index in [4.69, 9.17) is 29.0 Å². The van der Waals surface area contributed by atoms with Crippen LogP contribution < -0.4 is 29.6 Å². The maximum atomic E-state index is 13.9. The average Bonchev–Trinajstić information content (AvgIpc) is 3.39. The maximum Gasteiger partial charge on any atom is 0.255 e. The van der Waals surface area contributed by atoms with Crippen molar-refractivity contribution in [3.05, 3.63) is 83.6 Å². The van der Waals surface area contributed by atoms with Crippen LogP contribution in [0.2, 0.25) is 0 Å². The van der Waals surface area contributed by atoms with Crippen molar-refractivity contribution in [2.45, 2.75) is 13.0 Å². The Kier molecular flexibility index (Phi) is 7.09. The Morgan fingerprint density at radius 1 is 0.846 bits per heavy atom. The van der Waals surface area contributed by atoms with Gasteiger partial charge in [0.15, 0.2) is 17.3 Å². The summed E-state index contributed by atoms with van der Waals surface area (Å²) in [7, 11) is 6.31. The lowest BCUT2D eigenvalue weighted by Crippen LogP contribution is -2.31. The van der Waals surface area contributed by atoms with E-state index in [2.05, 4.69) is 10.6 Å². The number of rotatable bonds is 8. The van der Waals surface area contributed by atoms with E-state index in [1.807, 2.05) is 55.5 Å². The van der Waals surface area contributed by atoms with Gasteiger partial charge < -0.3 is 29.6 Å². The minimum Gasteiger partial charge on any atom is -0.496 e. The number of ether oxygens (including phenoxy) is 4. The number of aromatic nitrogens is 3. The van der Waals surface area contributed by atoms with Gasteiger partial charge in [-0.2, -0.15) is 4.98 Å². The van der Waals surface area contributed by atoms with Crippen LogP contribution >= 0.6 is 0 Å². The quantitative estimate of drug-likeness (QED) is 0.333. The molecule has 1 unspecified atom stereocenters. The van der Waals surface area contributed by atoms with Crippen molar-refractivity contribution in [1.29, 1.82) is 0 Å². The molecule has 1 aromatic heterocycles. The maximum absolute atomic E-state index is 13.9. The molecule has 1 atom stereocenters. The van der Waals surface area contributed by atoms with Crippen molar-refractivity contribution in [2.24, 2.45) is 0 Å². The molecule has 0 fully saturated rings. The predicted molar refractivity (Wildman–Crippen MR) is 148 cm³/mol. The molecule has 3 aromatic carbocycles. The van der Waals surface area contributed by atoms with Gasteiger partial charge in [0.25, 0.3) is 5.91 Å². The number of allylic oxidation sites excluding steroid dienone is 1. The Morgan fingerprint density at radius 3 is 2.23 bits per heavy atom. The lowest BCUT2D eigenvalue weighted by molar-refractivity contribution is -0.113. The summed E-state index contributed by atoms with van der Waals surface area (Å²) in [6.45, 7) is 1.84. The Morgan fingerprint density at radius 2 is 1.51 bits per heavy atom. The topological polar surface area (TPSA) is 109 Å². The average molecular weight is 528 g/mol. The highest BCUT2D eigenvalue weighted by Gasteiger charge is 2.35. The van der Waals surface area contributed by atoms with Crippen molar-refractivity contribution in [1.82, 2.24) is 14.8 Å². The van der Waals surface area contributed by atoms with E-state index in [1.54, 1.807) is 51.3 Å². The summed E-state index contributed by atoms with van der Waals surface area (Å²) in [6.07, 6.45) is 0. The van der Waals surface area contributed by atoms with Crippen molar-refractivity contribution in [2.75, 3.05) is 39.1 Å². The molecule has 0 radical (unpaired) electrons. The van der Waals surface area contributed by atoms with Gasteiger partial charge in [0.2, 0.25) is 5.95 Å². The Labute approximate surface area is 226 Å². The number of fused-ring (bicyclic) bond motifs is 1. The monoisotopic (exact) mass is 527 g/mol. The first-order chi connectivity index (χ1) is 19.0. The molecule has 0 saturated heterocycles. The van der Waals surface area contributed by atoms with Gasteiger partial charge in [0.05, 0.1) is 45.3 Å². The van der Waals surface area contributed by atoms with Crippen molar-refractivity contribution in [3.63, 3.8) is 0 Å². The van der Waals surface area contributed by atoms with E-state index in [1.165, 1.54) is 0 Å². The fourth-order valence-corrected chi connectivity index (χ4v) is 4.66.